The highest BCUT2D eigenvalue weighted by atomic mass is 35.5. The first-order valence-corrected chi connectivity index (χ1v) is 7.60. The maximum atomic E-state index is 12.4. The van der Waals surface area contributed by atoms with Crippen molar-refractivity contribution >= 4 is 34.8 Å². The Balaban J connectivity index is 1.78. The van der Waals surface area contributed by atoms with E-state index in [1.807, 2.05) is 0 Å². The van der Waals surface area contributed by atoms with Crippen LogP contribution in [0, 0.1) is 6.92 Å². The van der Waals surface area contributed by atoms with Gasteiger partial charge in [-0.3, -0.25) is 4.79 Å². The molecule has 0 fully saturated rings. The molecule has 0 saturated carbocycles. The van der Waals surface area contributed by atoms with Crippen LogP contribution in [0.1, 0.15) is 16.2 Å². The van der Waals surface area contributed by atoms with Crippen LogP contribution in [0.5, 0.6) is 5.75 Å². The number of aromatic nitrogens is 3. The Bertz CT molecular complexity index is 912. The van der Waals surface area contributed by atoms with E-state index in [0.717, 1.165) is 0 Å². The molecule has 1 aromatic carbocycles. The standard InChI is InChI=1S/C16H14ClN5O3/c1-9-5-15(22-25-9)21-14-7-12(18-8-19-14)16(23)20-11-6-10(17)3-4-13(11)24-2/h3-8H,1-2H3,(H,20,23)(H,18,19,21,22). The minimum absolute atomic E-state index is 0.166. The van der Waals surface area contributed by atoms with Gasteiger partial charge >= 0.3 is 0 Å². The van der Waals surface area contributed by atoms with Crippen LogP contribution < -0.4 is 15.4 Å². The summed E-state index contributed by atoms with van der Waals surface area (Å²) in [5.74, 6) is 1.61. The fourth-order valence-electron chi connectivity index (χ4n) is 2.07. The van der Waals surface area contributed by atoms with Crippen molar-refractivity contribution in [3.05, 3.63) is 53.1 Å². The smallest absolute Gasteiger partial charge is 0.274 e. The van der Waals surface area contributed by atoms with Crippen molar-refractivity contribution in [2.75, 3.05) is 17.7 Å². The number of carbonyl (C=O) groups is 1. The molecular formula is C16H14ClN5O3. The van der Waals surface area contributed by atoms with E-state index in [-0.39, 0.29) is 5.69 Å². The van der Waals surface area contributed by atoms with Crippen LogP contribution in [0.15, 0.2) is 41.2 Å². The number of benzene rings is 1. The molecule has 2 heterocycles. The van der Waals surface area contributed by atoms with Gasteiger partial charge in [0.2, 0.25) is 0 Å². The first-order chi connectivity index (χ1) is 12.0. The van der Waals surface area contributed by atoms with E-state index >= 15 is 0 Å². The Morgan fingerprint density at radius 2 is 2.04 bits per heavy atom. The van der Waals surface area contributed by atoms with Gasteiger partial charge in [-0.2, -0.15) is 0 Å². The first-order valence-electron chi connectivity index (χ1n) is 7.22. The van der Waals surface area contributed by atoms with Gasteiger partial charge in [0.05, 0.1) is 12.8 Å². The molecule has 0 atom stereocenters. The summed E-state index contributed by atoms with van der Waals surface area (Å²) in [7, 11) is 1.51. The molecule has 9 heteroatoms. The summed E-state index contributed by atoms with van der Waals surface area (Å²) in [5, 5.41) is 9.93. The average molecular weight is 360 g/mol. The number of hydrogen-bond donors (Lipinski definition) is 2. The molecule has 3 aromatic rings. The monoisotopic (exact) mass is 359 g/mol. The molecule has 0 saturated heterocycles. The summed E-state index contributed by atoms with van der Waals surface area (Å²) in [6.07, 6.45) is 1.28. The van der Waals surface area contributed by atoms with E-state index in [4.69, 9.17) is 20.9 Å². The van der Waals surface area contributed by atoms with Gasteiger partial charge in [-0.25, -0.2) is 9.97 Å². The SMILES string of the molecule is COc1ccc(Cl)cc1NC(=O)c1cc(Nc2cc(C)on2)ncn1. The lowest BCUT2D eigenvalue weighted by Gasteiger charge is -2.10. The highest BCUT2D eigenvalue weighted by molar-refractivity contribution is 6.31. The van der Waals surface area contributed by atoms with Crippen molar-refractivity contribution < 1.29 is 14.1 Å². The highest BCUT2D eigenvalue weighted by Gasteiger charge is 2.13. The van der Waals surface area contributed by atoms with Gasteiger partial charge in [-0.1, -0.05) is 16.8 Å². The average Bonchev–Trinajstić information content (AvgIpc) is 3.00. The molecule has 8 nitrogen and oxygen atoms in total. The second kappa shape index (κ2) is 7.18. The maximum Gasteiger partial charge on any atom is 0.274 e. The Kier molecular flexibility index (Phi) is 4.80. The number of rotatable bonds is 5. The lowest BCUT2D eigenvalue weighted by molar-refractivity contribution is 0.102. The molecule has 128 valence electrons. The minimum Gasteiger partial charge on any atom is -0.495 e. The van der Waals surface area contributed by atoms with Crippen molar-refractivity contribution in [1.82, 2.24) is 15.1 Å². The molecule has 2 aromatic heterocycles. The molecule has 0 bridgehead atoms. The van der Waals surface area contributed by atoms with Crippen molar-refractivity contribution in [3.63, 3.8) is 0 Å². The van der Waals surface area contributed by atoms with Gasteiger partial charge < -0.3 is 19.9 Å². The fourth-order valence-corrected chi connectivity index (χ4v) is 2.24. The second-order valence-corrected chi connectivity index (χ2v) is 5.47. The Morgan fingerprint density at radius 3 is 2.76 bits per heavy atom. The summed E-state index contributed by atoms with van der Waals surface area (Å²) in [6.45, 7) is 1.77. The number of aryl methyl sites for hydroxylation is 1. The summed E-state index contributed by atoms with van der Waals surface area (Å²) < 4.78 is 10.2. The first kappa shape index (κ1) is 16.7. The van der Waals surface area contributed by atoms with E-state index in [0.29, 0.717) is 33.9 Å². The zero-order valence-electron chi connectivity index (χ0n) is 13.4. The molecule has 0 aliphatic carbocycles. The molecule has 0 radical (unpaired) electrons. The van der Waals surface area contributed by atoms with Gasteiger partial charge in [-0.15, -0.1) is 0 Å². The molecule has 3 rings (SSSR count). The molecule has 1 amide bonds. The molecule has 2 N–H and O–H groups in total. The predicted octanol–water partition coefficient (Wildman–Crippen LogP) is 3.43. The lowest BCUT2D eigenvalue weighted by atomic mass is 10.2. The quantitative estimate of drug-likeness (QED) is 0.719. The van der Waals surface area contributed by atoms with Crippen molar-refractivity contribution in [3.8, 4) is 5.75 Å². The van der Waals surface area contributed by atoms with E-state index in [9.17, 15) is 4.79 Å². The number of anilines is 3. The third-order valence-electron chi connectivity index (χ3n) is 3.19. The van der Waals surface area contributed by atoms with Crippen LogP contribution in [0.3, 0.4) is 0 Å². The third-order valence-corrected chi connectivity index (χ3v) is 3.43. The highest BCUT2D eigenvalue weighted by Crippen LogP contribution is 2.28. The van der Waals surface area contributed by atoms with E-state index in [1.165, 1.54) is 19.5 Å². The van der Waals surface area contributed by atoms with E-state index < -0.39 is 5.91 Å². The maximum absolute atomic E-state index is 12.4. The lowest BCUT2D eigenvalue weighted by Crippen LogP contribution is -2.15. The number of amides is 1. The van der Waals surface area contributed by atoms with E-state index in [2.05, 4.69) is 25.8 Å². The van der Waals surface area contributed by atoms with Crippen LogP contribution >= 0.6 is 11.6 Å². The summed E-state index contributed by atoms with van der Waals surface area (Å²) in [6, 6.07) is 8.13. The predicted molar refractivity (Wildman–Crippen MR) is 92.5 cm³/mol. The van der Waals surface area contributed by atoms with Crippen molar-refractivity contribution in [2.24, 2.45) is 0 Å². The Morgan fingerprint density at radius 1 is 1.20 bits per heavy atom. The van der Waals surface area contributed by atoms with Crippen molar-refractivity contribution in [1.29, 1.82) is 0 Å². The number of nitrogens with zero attached hydrogens (tertiary/aromatic N) is 3. The second-order valence-electron chi connectivity index (χ2n) is 5.04. The summed E-state index contributed by atoms with van der Waals surface area (Å²) in [4.78, 5) is 20.5. The minimum atomic E-state index is -0.428. The topological polar surface area (TPSA) is 102 Å². The van der Waals surface area contributed by atoms with Crippen molar-refractivity contribution in [2.45, 2.75) is 6.92 Å². The number of halogens is 1. The summed E-state index contributed by atoms with van der Waals surface area (Å²) >= 11 is 5.96. The van der Waals surface area contributed by atoms with Gasteiger partial charge in [0.1, 0.15) is 29.3 Å². The number of carbonyl (C=O) groups excluding carboxylic acids is 1. The van der Waals surface area contributed by atoms with Crippen LogP contribution in [0.25, 0.3) is 0 Å². The van der Waals surface area contributed by atoms with Crippen LogP contribution in [0.2, 0.25) is 5.02 Å². The Hall–Kier alpha value is -3.13. The van der Waals surface area contributed by atoms with Gasteiger partial charge in [0.25, 0.3) is 5.91 Å². The Labute approximate surface area is 148 Å². The number of nitrogens with one attached hydrogen (secondary N) is 2. The van der Waals surface area contributed by atoms with Crippen LogP contribution in [-0.4, -0.2) is 28.1 Å². The molecule has 0 spiro atoms. The number of ether oxygens (including phenoxy) is 1. The normalized spacial score (nSPS) is 10.4. The molecule has 0 aliphatic heterocycles. The summed E-state index contributed by atoms with van der Waals surface area (Å²) in [5.41, 5.74) is 0.611. The van der Waals surface area contributed by atoms with Crippen LogP contribution in [-0.2, 0) is 0 Å². The van der Waals surface area contributed by atoms with Gasteiger partial charge in [-0.05, 0) is 25.1 Å². The fraction of sp³-hybridized carbons (Fsp3) is 0.125. The molecular weight excluding hydrogens is 346 g/mol. The molecule has 0 aliphatic rings. The van der Waals surface area contributed by atoms with Gasteiger partial charge in [0.15, 0.2) is 5.82 Å². The zero-order chi connectivity index (χ0) is 17.8. The largest absolute Gasteiger partial charge is 0.495 e. The van der Waals surface area contributed by atoms with Gasteiger partial charge in [0, 0.05) is 17.2 Å². The zero-order valence-corrected chi connectivity index (χ0v) is 14.2. The van der Waals surface area contributed by atoms with Crippen LogP contribution in [0.4, 0.5) is 17.3 Å². The third kappa shape index (κ3) is 4.04. The number of methoxy groups -OCH3 is 1. The van der Waals surface area contributed by atoms with E-state index in [1.54, 1.807) is 31.2 Å². The molecule has 25 heavy (non-hydrogen) atoms. The number of hydrogen-bond acceptors (Lipinski definition) is 7. The molecule has 0 unspecified atom stereocenters.